The van der Waals surface area contributed by atoms with Crippen LogP contribution >= 0.6 is 15.9 Å². The van der Waals surface area contributed by atoms with Gasteiger partial charge in [-0.15, -0.1) is 0 Å². The molecule has 1 aromatic rings. The molecule has 0 aliphatic heterocycles. The molecule has 1 fully saturated rings. The van der Waals surface area contributed by atoms with Gasteiger partial charge in [-0.1, -0.05) is 0 Å². The maximum atomic E-state index is 11.7. The van der Waals surface area contributed by atoms with Crippen LogP contribution < -0.4 is 4.74 Å². The molecule has 86 valence electrons. The summed E-state index contributed by atoms with van der Waals surface area (Å²) in [6.07, 6.45) is 3.88. The van der Waals surface area contributed by atoms with Gasteiger partial charge in [-0.3, -0.25) is 4.79 Å². The molecule has 5 heteroatoms. The fraction of sp³-hybridized carbons (Fsp3) is 0.455. The van der Waals surface area contributed by atoms with Gasteiger partial charge in [0, 0.05) is 19.3 Å². The number of amides is 1. The molecule has 1 aromatic heterocycles. The van der Waals surface area contributed by atoms with Crippen molar-refractivity contribution in [3.8, 4) is 5.75 Å². The molecule has 16 heavy (non-hydrogen) atoms. The molecule has 1 amide bonds. The minimum Gasteiger partial charge on any atom is -0.481 e. The van der Waals surface area contributed by atoms with Crippen LogP contribution in [0.15, 0.2) is 22.9 Å². The highest BCUT2D eigenvalue weighted by atomic mass is 79.9. The van der Waals surface area contributed by atoms with E-state index in [4.69, 9.17) is 4.74 Å². The lowest BCUT2D eigenvalue weighted by Gasteiger charge is -2.16. The third-order valence-electron chi connectivity index (χ3n) is 2.56. The molecule has 1 aliphatic rings. The van der Waals surface area contributed by atoms with Crippen molar-refractivity contribution in [3.63, 3.8) is 0 Å². The van der Waals surface area contributed by atoms with Gasteiger partial charge in [0.2, 0.25) is 0 Å². The number of ether oxygens (including phenoxy) is 1. The van der Waals surface area contributed by atoms with Gasteiger partial charge >= 0.3 is 0 Å². The van der Waals surface area contributed by atoms with E-state index < -0.39 is 0 Å². The van der Waals surface area contributed by atoms with Crippen LogP contribution in [0.1, 0.15) is 12.8 Å². The Balaban J connectivity index is 1.87. The van der Waals surface area contributed by atoms with E-state index in [1.165, 1.54) is 0 Å². The van der Waals surface area contributed by atoms with Crippen LogP contribution in [0.5, 0.6) is 5.75 Å². The molecule has 0 N–H and O–H groups in total. The summed E-state index contributed by atoms with van der Waals surface area (Å²) >= 11 is 3.26. The minimum atomic E-state index is 0.0123. The Hall–Kier alpha value is -1.10. The lowest BCUT2D eigenvalue weighted by Crippen LogP contribution is -2.33. The van der Waals surface area contributed by atoms with Crippen LogP contribution in [0, 0.1) is 0 Å². The second kappa shape index (κ2) is 4.82. The molecule has 0 bridgehead atoms. The number of rotatable bonds is 4. The van der Waals surface area contributed by atoms with Crippen LogP contribution in [0.4, 0.5) is 0 Å². The Bertz CT molecular complexity index is 393. The summed E-state index contributed by atoms with van der Waals surface area (Å²) < 4.78 is 6.02. The Morgan fingerprint density at radius 1 is 1.69 bits per heavy atom. The maximum absolute atomic E-state index is 11.7. The van der Waals surface area contributed by atoms with Crippen LogP contribution in [0.25, 0.3) is 0 Å². The number of aromatic nitrogens is 1. The summed E-state index contributed by atoms with van der Waals surface area (Å²) in [4.78, 5) is 17.4. The topological polar surface area (TPSA) is 42.4 Å². The Morgan fingerprint density at radius 3 is 3.06 bits per heavy atom. The molecule has 4 nitrogen and oxygen atoms in total. The molecule has 0 radical (unpaired) electrons. The molecule has 2 rings (SSSR count). The van der Waals surface area contributed by atoms with Crippen molar-refractivity contribution >= 4 is 21.8 Å². The van der Waals surface area contributed by atoms with Crippen LogP contribution in [-0.2, 0) is 4.79 Å². The highest BCUT2D eigenvalue weighted by Gasteiger charge is 2.29. The highest BCUT2D eigenvalue weighted by molar-refractivity contribution is 9.10. The molecule has 0 unspecified atom stereocenters. The molecule has 1 saturated carbocycles. The minimum absolute atomic E-state index is 0.0123. The SMILES string of the molecule is CN(C(=O)COc1cccnc1Br)C1CC1. The molecule has 1 heterocycles. The fourth-order valence-corrected chi connectivity index (χ4v) is 1.75. The van der Waals surface area contributed by atoms with Gasteiger partial charge in [-0.2, -0.15) is 0 Å². The number of nitrogens with zero attached hydrogens (tertiary/aromatic N) is 2. The lowest BCUT2D eigenvalue weighted by molar-refractivity contribution is -0.132. The first kappa shape index (κ1) is 11.4. The summed E-state index contributed by atoms with van der Waals surface area (Å²) in [6, 6.07) is 3.98. The zero-order valence-corrected chi connectivity index (χ0v) is 10.6. The van der Waals surface area contributed by atoms with E-state index in [9.17, 15) is 4.79 Å². The summed E-state index contributed by atoms with van der Waals surface area (Å²) in [5.74, 6) is 0.610. The average Bonchev–Trinajstić information content (AvgIpc) is 3.10. The van der Waals surface area contributed by atoms with E-state index in [1.54, 1.807) is 23.2 Å². The fourth-order valence-electron chi connectivity index (χ4n) is 1.39. The van der Waals surface area contributed by atoms with Crippen molar-refractivity contribution in [2.24, 2.45) is 0 Å². The van der Waals surface area contributed by atoms with Crippen molar-refractivity contribution < 1.29 is 9.53 Å². The Kier molecular flexibility index (Phi) is 3.43. The number of carbonyl (C=O) groups excluding carboxylic acids is 1. The second-order valence-corrected chi connectivity index (χ2v) is 4.57. The average molecular weight is 285 g/mol. The van der Waals surface area contributed by atoms with Gasteiger partial charge in [-0.25, -0.2) is 4.98 Å². The molecular formula is C11H13BrN2O2. The van der Waals surface area contributed by atoms with Crippen molar-refractivity contribution in [1.82, 2.24) is 9.88 Å². The third kappa shape index (κ3) is 2.72. The van der Waals surface area contributed by atoms with Crippen molar-refractivity contribution in [3.05, 3.63) is 22.9 Å². The van der Waals surface area contributed by atoms with Gasteiger partial charge in [0.15, 0.2) is 12.4 Å². The monoisotopic (exact) mass is 284 g/mol. The van der Waals surface area contributed by atoms with Crippen LogP contribution in [0.2, 0.25) is 0 Å². The molecule has 1 aliphatic carbocycles. The van der Waals surface area contributed by atoms with Gasteiger partial charge in [-0.05, 0) is 40.9 Å². The molecule has 0 aromatic carbocycles. The summed E-state index contributed by atoms with van der Waals surface area (Å²) in [6.45, 7) is 0.0668. The van der Waals surface area contributed by atoms with Gasteiger partial charge in [0.1, 0.15) is 4.60 Å². The van der Waals surface area contributed by atoms with Crippen LogP contribution in [0.3, 0.4) is 0 Å². The van der Waals surface area contributed by atoms with Gasteiger partial charge < -0.3 is 9.64 Å². The largest absolute Gasteiger partial charge is 0.481 e. The van der Waals surface area contributed by atoms with E-state index >= 15 is 0 Å². The first-order valence-electron chi connectivity index (χ1n) is 5.17. The van der Waals surface area contributed by atoms with E-state index in [0.29, 0.717) is 16.4 Å². The number of hydrogen-bond acceptors (Lipinski definition) is 3. The number of carbonyl (C=O) groups is 1. The Morgan fingerprint density at radius 2 is 2.44 bits per heavy atom. The van der Waals surface area contributed by atoms with Crippen LogP contribution in [-0.4, -0.2) is 35.5 Å². The molecule has 0 atom stereocenters. The summed E-state index contributed by atoms with van der Waals surface area (Å²) in [5, 5.41) is 0. The number of halogens is 1. The van der Waals surface area contributed by atoms with E-state index in [2.05, 4.69) is 20.9 Å². The van der Waals surface area contributed by atoms with E-state index in [-0.39, 0.29) is 12.5 Å². The summed E-state index contributed by atoms with van der Waals surface area (Å²) in [5.41, 5.74) is 0. The van der Waals surface area contributed by atoms with Crippen molar-refractivity contribution in [1.29, 1.82) is 0 Å². The zero-order valence-electron chi connectivity index (χ0n) is 9.02. The summed E-state index contributed by atoms with van der Waals surface area (Å²) in [7, 11) is 1.82. The van der Waals surface area contributed by atoms with Crippen molar-refractivity contribution in [2.75, 3.05) is 13.7 Å². The van der Waals surface area contributed by atoms with E-state index in [1.807, 2.05) is 7.05 Å². The predicted molar refractivity (Wildman–Crippen MR) is 63.2 cm³/mol. The van der Waals surface area contributed by atoms with Crippen molar-refractivity contribution in [2.45, 2.75) is 18.9 Å². The normalized spacial score (nSPS) is 14.6. The number of hydrogen-bond donors (Lipinski definition) is 0. The van der Waals surface area contributed by atoms with E-state index in [0.717, 1.165) is 12.8 Å². The molecule has 0 saturated heterocycles. The molecular weight excluding hydrogens is 272 g/mol. The Labute approximate surface area is 103 Å². The molecule has 0 spiro atoms. The zero-order chi connectivity index (χ0) is 11.5. The van der Waals surface area contributed by atoms with Gasteiger partial charge in [0.25, 0.3) is 5.91 Å². The first-order valence-corrected chi connectivity index (χ1v) is 5.97. The number of likely N-dealkylation sites (N-methyl/N-ethyl adjacent to an activating group) is 1. The smallest absolute Gasteiger partial charge is 0.260 e. The lowest BCUT2D eigenvalue weighted by atomic mass is 10.4. The standard InChI is InChI=1S/C11H13BrN2O2/c1-14(8-4-5-8)10(15)7-16-9-3-2-6-13-11(9)12/h2-3,6,8H,4-5,7H2,1H3. The number of pyridine rings is 1. The third-order valence-corrected chi connectivity index (χ3v) is 3.16. The maximum Gasteiger partial charge on any atom is 0.260 e. The highest BCUT2D eigenvalue weighted by Crippen LogP contribution is 2.26. The first-order chi connectivity index (χ1) is 7.68. The quantitative estimate of drug-likeness (QED) is 0.793. The van der Waals surface area contributed by atoms with Gasteiger partial charge in [0.05, 0.1) is 0 Å². The second-order valence-electron chi connectivity index (χ2n) is 3.82. The predicted octanol–water partition coefficient (Wildman–Crippen LogP) is 1.84.